The fourth-order valence-electron chi connectivity index (χ4n) is 0. The maximum atomic E-state index is 9.60. The van der Waals surface area contributed by atoms with Crippen LogP contribution in [0.2, 0.25) is 0 Å². The highest BCUT2D eigenvalue weighted by Gasteiger charge is 1.90. The van der Waals surface area contributed by atoms with Gasteiger partial charge in [-0.15, -0.1) is 12.4 Å². The molecule has 0 aliphatic heterocycles. The van der Waals surface area contributed by atoms with Gasteiger partial charge in [-0.1, -0.05) is 6.58 Å². The van der Waals surface area contributed by atoms with Gasteiger partial charge in [0.05, 0.1) is 0 Å². The molecule has 6 N–H and O–H groups in total. The maximum absolute atomic E-state index is 9.60. The number of carbonyl (C=O) groups is 2. The van der Waals surface area contributed by atoms with E-state index in [1.807, 2.05) is 0 Å². The molecule has 0 aliphatic carbocycles. The zero-order valence-corrected chi connectivity index (χ0v) is 7.35. The van der Waals surface area contributed by atoms with E-state index in [1.165, 1.54) is 6.92 Å². The molecule has 0 saturated heterocycles. The fraction of sp³-hybridized carbons (Fsp3) is 0.200. The second-order valence-electron chi connectivity index (χ2n) is 1.59. The maximum Gasteiger partial charge on any atom is 0.330 e. The van der Waals surface area contributed by atoms with Crippen molar-refractivity contribution in [3.05, 3.63) is 12.2 Å². The number of nitrogens with one attached hydrogen (secondary N) is 1. The Kier molecular flexibility index (Phi) is 13.8. The highest BCUT2D eigenvalue weighted by Crippen LogP contribution is 1.81. The molecule has 0 aliphatic rings. The average Bonchev–Trinajstić information content (AvgIpc) is 1.89. The van der Waals surface area contributed by atoms with Crippen LogP contribution >= 0.6 is 12.4 Å². The lowest BCUT2D eigenvalue weighted by molar-refractivity contribution is -0.132. The number of urea groups is 1. The van der Waals surface area contributed by atoms with E-state index in [9.17, 15) is 9.59 Å². The molecule has 0 rings (SSSR count). The van der Waals surface area contributed by atoms with E-state index < -0.39 is 12.0 Å². The summed E-state index contributed by atoms with van der Waals surface area (Å²) >= 11 is 0. The van der Waals surface area contributed by atoms with Crippen LogP contribution in [0.15, 0.2) is 12.2 Å². The van der Waals surface area contributed by atoms with E-state index in [1.54, 1.807) is 5.43 Å². The first-order chi connectivity index (χ1) is 4.91. The minimum absolute atomic E-state index is 0. The van der Waals surface area contributed by atoms with Gasteiger partial charge in [0.1, 0.15) is 0 Å². The summed E-state index contributed by atoms with van der Waals surface area (Å²) in [4.78, 5) is 19.0. The van der Waals surface area contributed by atoms with Crippen LogP contribution in [0.4, 0.5) is 4.79 Å². The Bertz CT molecular complexity index is 159. The van der Waals surface area contributed by atoms with Crippen molar-refractivity contribution in [1.82, 2.24) is 5.43 Å². The first-order valence-corrected chi connectivity index (χ1v) is 2.56. The van der Waals surface area contributed by atoms with Gasteiger partial charge in [0.15, 0.2) is 0 Å². The lowest BCUT2D eigenvalue weighted by atomic mass is 10.4. The van der Waals surface area contributed by atoms with Gasteiger partial charge in [-0.2, -0.15) is 0 Å². The molecule has 0 atom stereocenters. The summed E-state index contributed by atoms with van der Waals surface area (Å²) in [6, 6.07) is -0.718. The van der Waals surface area contributed by atoms with E-state index >= 15 is 0 Å². The third kappa shape index (κ3) is 23.3. The molecule has 0 radical (unpaired) electrons. The van der Waals surface area contributed by atoms with Crippen molar-refractivity contribution in [2.45, 2.75) is 6.92 Å². The summed E-state index contributed by atoms with van der Waals surface area (Å²) < 4.78 is 0. The van der Waals surface area contributed by atoms with Crippen molar-refractivity contribution in [2.24, 2.45) is 11.6 Å². The molecule has 0 spiro atoms. The topological polar surface area (TPSA) is 118 Å². The van der Waals surface area contributed by atoms with Crippen LogP contribution in [0.25, 0.3) is 0 Å². The molecule has 2 amide bonds. The van der Waals surface area contributed by atoms with Gasteiger partial charge < -0.3 is 10.8 Å². The van der Waals surface area contributed by atoms with Crippen LogP contribution < -0.4 is 17.0 Å². The number of hydrogen-bond acceptors (Lipinski definition) is 3. The number of nitrogens with two attached hydrogens (primary N) is 2. The van der Waals surface area contributed by atoms with Crippen molar-refractivity contribution in [3.63, 3.8) is 0 Å². The Balaban J connectivity index is -0.000000126. The fourth-order valence-corrected chi connectivity index (χ4v) is 0. The zero-order chi connectivity index (χ0) is 9.44. The van der Waals surface area contributed by atoms with Crippen molar-refractivity contribution in [3.8, 4) is 0 Å². The van der Waals surface area contributed by atoms with Crippen LogP contribution in [-0.4, -0.2) is 17.1 Å². The number of amides is 2. The van der Waals surface area contributed by atoms with Gasteiger partial charge in [0.25, 0.3) is 0 Å². The minimum Gasteiger partial charge on any atom is -0.478 e. The molecule has 0 aromatic carbocycles. The number of carboxylic acids is 1. The van der Waals surface area contributed by atoms with Gasteiger partial charge in [-0.3, -0.25) is 5.43 Å². The summed E-state index contributed by atoms with van der Waals surface area (Å²) in [5.74, 6) is 3.51. The smallest absolute Gasteiger partial charge is 0.330 e. The Hall–Kier alpha value is -1.27. The molecule has 0 heterocycles. The molecule has 12 heavy (non-hydrogen) atoms. The first-order valence-electron chi connectivity index (χ1n) is 2.56. The number of aliphatic carboxylic acids is 1. The lowest BCUT2D eigenvalue weighted by Gasteiger charge is -1.81. The Morgan fingerprint density at radius 2 is 1.67 bits per heavy atom. The standard InChI is InChI=1S/C4H6O2.CH5N3O.ClH/c1-3(2)4(5)6;2-1(5)4-3;/h1H2,2H3,(H,5,6);3H2,(H3,2,4,5);1H. The molecule has 0 bridgehead atoms. The number of rotatable bonds is 1. The molecule has 0 saturated carbocycles. The second-order valence-corrected chi connectivity index (χ2v) is 1.59. The van der Waals surface area contributed by atoms with Crippen LogP contribution in [0.1, 0.15) is 6.92 Å². The number of carbonyl (C=O) groups excluding carboxylic acids is 1. The molecule has 72 valence electrons. The van der Waals surface area contributed by atoms with Gasteiger partial charge >= 0.3 is 12.0 Å². The van der Waals surface area contributed by atoms with Crippen molar-refractivity contribution in [1.29, 1.82) is 0 Å². The first kappa shape index (κ1) is 17.0. The Morgan fingerprint density at radius 1 is 1.50 bits per heavy atom. The van der Waals surface area contributed by atoms with E-state index in [2.05, 4.69) is 18.2 Å². The Morgan fingerprint density at radius 3 is 1.67 bits per heavy atom. The molecule has 6 nitrogen and oxygen atoms in total. The van der Waals surface area contributed by atoms with Crippen LogP contribution in [0.5, 0.6) is 0 Å². The number of halogens is 1. The quantitative estimate of drug-likeness (QED) is 0.198. The van der Waals surface area contributed by atoms with E-state index in [0.717, 1.165) is 0 Å². The SMILES string of the molecule is C=C(C)C(=O)O.Cl.NNC(N)=O. The van der Waals surface area contributed by atoms with Crippen LogP contribution in [0.3, 0.4) is 0 Å². The van der Waals surface area contributed by atoms with Crippen molar-refractivity contribution in [2.75, 3.05) is 0 Å². The molecule has 0 fully saturated rings. The number of carboxylic acid groups (broad SMARTS) is 1. The highest BCUT2D eigenvalue weighted by molar-refractivity contribution is 5.85. The Labute approximate surface area is 76.0 Å². The minimum atomic E-state index is -0.935. The summed E-state index contributed by atoms with van der Waals surface area (Å²) in [7, 11) is 0. The summed E-state index contributed by atoms with van der Waals surface area (Å²) in [6.07, 6.45) is 0. The predicted molar refractivity (Wildman–Crippen MR) is 46.6 cm³/mol. The van der Waals surface area contributed by atoms with Gasteiger partial charge in [0.2, 0.25) is 0 Å². The molecule has 0 aromatic heterocycles. The van der Waals surface area contributed by atoms with E-state index in [-0.39, 0.29) is 18.0 Å². The zero-order valence-electron chi connectivity index (χ0n) is 6.53. The van der Waals surface area contributed by atoms with Crippen molar-refractivity contribution < 1.29 is 14.7 Å². The summed E-state index contributed by atoms with van der Waals surface area (Å²) in [5.41, 5.74) is 6.26. The monoisotopic (exact) mass is 197 g/mol. The van der Waals surface area contributed by atoms with Crippen LogP contribution in [-0.2, 0) is 4.79 Å². The molecule has 7 heteroatoms. The van der Waals surface area contributed by atoms with E-state index in [4.69, 9.17) is 5.11 Å². The molecular weight excluding hydrogens is 186 g/mol. The predicted octanol–water partition coefficient (Wildman–Crippen LogP) is -0.403. The van der Waals surface area contributed by atoms with Crippen LogP contribution in [0, 0.1) is 0 Å². The van der Waals surface area contributed by atoms with Gasteiger partial charge in [-0.25, -0.2) is 15.4 Å². The molecule has 0 aromatic rings. The van der Waals surface area contributed by atoms with Crippen molar-refractivity contribution >= 4 is 24.4 Å². The molecular formula is C5H12ClN3O3. The number of primary amides is 1. The summed E-state index contributed by atoms with van der Waals surface area (Å²) in [6.45, 7) is 4.60. The number of hydrogen-bond donors (Lipinski definition) is 4. The van der Waals surface area contributed by atoms with Gasteiger partial charge in [0, 0.05) is 5.57 Å². The molecule has 0 unspecified atom stereocenters. The third-order valence-corrected chi connectivity index (χ3v) is 0.507. The highest BCUT2D eigenvalue weighted by atomic mass is 35.5. The second kappa shape index (κ2) is 9.73. The lowest BCUT2D eigenvalue weighted by Crippen LogP contribution is -2.34. The summed E-state index contributed by atoms with van der Waals surface area (Å²) in [5, 5.41) is 7.89. The number of hydrazine groups is 1. The largest absolute Gasteiger partial charge is 0.478 e. The van der Waals surface area contributed by atoms with Gasteiger partial charge in [-0.05, 0) is 6.92 Å². The average molecular weight is 198 g/mol. The normalized spacial score (nSPS) is 6.50. The third-order valence-electron chi connectivity index (χ3n) is 0.507. The van der Waals surface area contributed by atoms with E-state index in [0.29, 0.717) is 0 Å².